The van der Waals surface area contributed by atoms with Gasteiger partial charge >= 0.3 is 6.18 Å². The fraction of sp³-hybridized carbons (Fsp3) is 0.579. The van der Waals surface area contributed by atoms with Crippen molar-refractivity contribution in [2.75, 3.05) is 26.2 Å². The fourth-order valence-electron chi connectivity index (χ4n) is 3.29. The van der Waals surface area contributed by atoms with Crippen LogP contribution in [0.4, 0.5) is 13.2 Å². The Kier molecular flexibility index (Phi) is 9.23. The van der Waals surface area contributed by atoms with Gasteiger partial charge in [0.2, 0.25) is 11.8 Å². The molecule has 1 aromatic carbocycles. The summed E-state index contributed by atoms with van der Waals surface area (Å²) in [5.74, 6) is -0.857. The third-order valence-corrected chi connectivity index (χ3v) is 4.85. The van der Waals surface area contributed by atoms with Crippen molar-refractivity contribution in [3.05, 3.63) is 35.4 Å². The smallest absolute Gasteiger partial charge is 0.355 e. The number of rotatable bonds is 6. The first-order valence-corrected chi connectivity index (χ1v) is 9.15. The average molecular weight is 422 g/mol. The molecule has 9 heteroatoms. The second-order valence-electron chi connectivity index (χ2n) is 6.99. The number of carbonyl (C=O) groups is 2. The summed E-state index contributed by atoms with van der Waals surface area (Å²) in [4.78, 5) is 26.3. The van der Waals surface area contributed by atoms with E-state index in [-0.39, 0.29) is 42.5 Å². The number of piperidine rings is 1. The van der Waals surface area contributed by atoms with Gasteiger partial charge in [0.1, 0.15) is 0 Å². The molecule has 1 aliphatic rings. The predicted molar refractivity (Wildman–Crippen MR) is 103 cm³/mol. The summed E-state index contributed by atoms with van der Waals surface area (Å²) in [6.45, 7) is 3.40. The normalized spacial score (nSPS) is 18.2. The number of nitrogens with one attached hydrogen (secondary N) is 1. The van der Waals surface area contributed by atoms with Crippen molar-refractivity contribution in [2.45, 2.75) is 38.3 Å². The SMILES string of the molecule is CC(CC(=O)N1CCCC(C(=O)NCCN)C1)c1cccc(C(F)(F)F)c1.Cl. The van der Waals surface area contributed by atoms with Gasteiger partial charge in [-0.2, -0.15) is 13.2 Å². The molecule has 0 aliphatic carbocycles. The number of halogens is 4. The van der Waals surface area contributed by atoms with E-state index in [4.69, 9.17) is 5.73 Å². The number of amides is 2. The number of benzene rings is 1. The molecule has 0 aromatic heterocycles. The second-order valence-corrected chi connectivity index (χ2v) is 6.99. The van der Waals surface area contributed by atoms with Crippen LogP contribution < -0.4 is 11.1 Å². The van der Waals surface area contributed by atoms with Crippen LogP contribution in [0.25, 0.3) is 0 Å². The molecule has 2 atom stereocenters. The highest BCUT2D eigenvalue weighted by Gasteiger charge is 2.32. The van der Waals surface area contributed by atoms with Crippen LogP contribution in [0.1, 0.15) is 43.2 Å². The van der Waals surface area contributed by atoms with Crippen LogP contribution in [-0.4, -0.2) is 42.9 Å². The van der Waals surface area contributed by atoms with Gasteiger partial charge in [0.05, 0.1) is 11.5 Å². The van der Waals surface area contributed by atoms with E-state index in [1.165, 1.54) is 6.07 Å². The van der Waals surface area contributed by atoms with Crippen LogP contribution in [0.2, 0.25) is 0 Å². The Balaban J connectivity index is 0.00000392. The Morgan fingerprint density at radius 3 is 2.71 bits per heavy atom. The van der Waals surface area contributed by atoms with E-state index >= 15 is 0 Å². The molecule has 1 saturated heterocycles. The molecule has 28 heavy (non-hydrogen) atoms. The van der Waals surface area contributed by atoms with E-state index in [9.17, 15) is 22.8 Å². The third kappa shape index (κ3) is 6.67. The lowest BCUT2D eigenvalue weighted by atomic mass is 9.93. The molecule has 158 valence electrons. The van der Waals surface area contributed by atoms with Crippen LogP contribution in [0.3, 0.4) is 0 Å². The number of hydrogen-bond donors (Lipinski definition) is 2. The summed E-state index contributed by atoms with van der Waals surface area (Å²) in [6, 6.07) is 5.08. The van der Waals surface area contributed by atoms with Crippen LogP contribution in [-0.2, 0) is 15.8 Å². The standard InChI is InChI=1S/C19H26F3N3O2.ClH/c1-13(14-4-2-6-16(11-14)19(20,21)22)10-17(26)25-9-3-5-15(12-25)18(27)24-8-7-23;/h2,4,6,11,13,15H,3,5,7-10,12,23H2,1H3,(H,24,27);1H. The first kappa shape index (κ1) is 24.2. The minimum Gasteiger partial charge on any atom is -0.355 e. The van der Waals surface area contributed by atoms with Crippen molar-refractivity contribution < 1.29 is 22.8 Å². The highest BCUT2D eigenvalue weighted by molar-refractivity contribution is 5.85. The number of nitrogens with zero attached hydrogens (tertiary/aromatic N) is 1. The van der Waals surface area contributed by atoms with Gasteiger partial charge in [0, 0.05) is 32.6 Å². The molecule has 5 nitrogen and oxygen atoms in total. The summed E-state index contributed by atoms with van der Waals surface area (Å²) in [7, 11) is 0. The Morgan fingerprint density at radius 1 is 1.36 bits per heavy atom. The van der Waals surface area contributed by atoms with Crippen LogP contribution in [0.5, 0.6) is 0 Å². The van der Waals surface area contributed by atoms with Crippen molar-refractivity contribution in [3.63, 3.8) is 0 Å². The molecular formula is C19H27ClF3N3O2. The van der Waals surface area contributed by atoms with Crippen molar-refractivity contribution >= 4 is 24.2 Å². The number of nitrogens with two attached hydrogens (primary N) is 1. The van der Waals surface area contributed by atoms with Crippen molar-refractivity contribution in [2.24, 2.45) is 11.7 Å². The number of alkyl halides is 3. The molecular weight excluding hydrogens is 395 g/mol. The lowest BCUT2D eigenvalue weighted by Crippen LogP contribution is -2.46. The number of likely N-dealkylation sites (tertiary alicyclic amines) is 1. The minimum atomic E-state index is -4.41. The molecule has 0 spiro atoms. The van der Waals surface area contributed by atoms with Gasteiger partial charge in [-0.05, 0) is 30.4 Å². The maximum atomic E-state index is 12.9. The lowest BCUT2D eigenvalue weighted by molar-refractivity contribution is -0.137. The minimum absolute atomic E-state index is 0. The van der Waals surface area contributed by atoms with Gasteiger partial charge < -0.3 is 16.0 Å². The maximum Gasteiger partial charge on any atom is 0.416 e. The van der Waals surface area contributed by atoms with Crippen LogP contribution in [0, 0.1) is 5.92 Å². The quantitative estimate of drug-likeness (QED) is 0.741. The predicted octanol–water partition coefficient (Wildman–Crippen LogP) is 2.93. The van der Waals surface area contributed by atoms with Gasteiger partial charge in [0.25, 0.3) is 0 Å². The van der Waals surface area contributed by atoms with Crippen molar-refractivity contribution in [1.29, 1.82) is 0 Å². The number of hydrogen-bond acceptors (Lipinski definition) is 3. The average Bonchev–Trinajstić information content (AvgIpc) is 2.65. The monoisotopic (exact) mass is 421 g/mol. The van der Waals surface area contributed by atoms with E-state index < -0.39 is 11.7 Å². The zero-order valence-electron chi connectivity index (χ0n) is 15.8. The second kappa shape index (κ2) is 10.7. The molecule has 2 rings (SSSR count). The molecule has 0 bridgehead atoms. The lowest BCUT2D eigenvalue weighted by Gasteiger charge is -2.32. The first-order chi connectivity index (χ1) is 12.7. The van der Waals surface area contributed by atoms with Gasteiger partial charge in [-0.15, -0.1) is 12.4 Å². The van der Waals surface area contributed by atoms with Gasteiger partial charge in [-0.3, -0.25) is 9.59 Å². The largest absolute Gasteiger partial charge is 0.416 e. The highest BCUT2D eigenvalue weighted by Crippen LogP contribution is 2.32. The number of carbonyl (C=O) groups excluding carboxylic acids is 2. The van der Waals surface area contributed by atoms with E-state index in [1.54, 1.807) is 17.9 Å². The Labute approximate surface area is 169 Å². The highest BCUT2D eigenvalue weighted by atomic mass is 35.5. The van der Waals surface area contributed by atoms with E-state index in [1.807, 2.05) is 0 Å². The summed E-state index contributed by atoms with van der Waals surface area (Å²) < 4.78 is 38.6. The van der Waals surface area contributed by atoms with E-state index in [2.05, 4.69) is 5.32 Å². The molecule has 2 amide bonds. The summed E-state index contributed by atoms with van der Waals surface area (Å²) in [6.07, 6.45) is -2.86. The topological polar surface area (TPSA) is 75.4 Å². The Morgan fingerprint density at radius 2 is 2.07 bits per heavy atom. The van der Waals surface area contributed by atoms with E-state index in [0.29, 0.717) is 38.2 Å². The zero-order chi connectivity index (χ0) is 20.0. The Hall–Kier alpha value is -1.80. The molecule has 0 radical (unpaired) electrons. The first-order valence-electron chi connectivity index (χ1n) is 9.15. The van der Waals surface area contributed by atoms with Crippen molar-refractivity contribution in [3.8, 4) is 0 Å². The molecule has 1 aromatic rings. The molecule has 1 aliphatic heterocycles. The molecule has 2 unspecified atom stereocenters. The third-order valence-electron chi connectivity index (χ3n) is 4.85. The summed E-state index contributed by atoms with van der Waals surface area (Å²) in [5.41, 5.74) is 5.14. The maximum absolute atomic E-state index is 12.9. The summed E-state index contributed by atoms with van der Waals surface area (Å²) in [5, 5.41) is 2.74. The fourth-order valence-corrected chi connectivity index (χ4v) is 3.29. The molecule has 1 heterocycles. The molecule has 0 saturated carbocycles. The van der Waals surface area contributed by atoms with Gasteiger partial charge in [-0.1, -0.05) is 25.1 Å². The Bertz CT molecular complexity index is 670. The van der Waals surface area contributed by atoms with Gasteiger partial charge in [0.15, 0.2) is 0 Å². The molecule has 3 N–H and O–H groups in total. The van der Waals surface area contributed by atoms with Gasteiger partial charge in [-0.25, -0.2) is 0 Å². The van der Waals surface area contributed by atoms with Crippen molar-refractivity contribution in [1.82, 2.24) is 10.2 Å². The summed E-state index contributed by atoms with van der Waals surface area (Å²) >= 11 is 0. The molecule has 1 fully saturated rings. The zero-order valence-corrected chi connectivity index (χ0v) is 16.6. The van der Waals surface area contributed by atoms with E-state index in [0.717, 1.165) is 18.6 Å². The van der Waals surface area contributed by atoms with Crippen LogP contribution in [0.15, 0.2) is 24.3 Å². The van der Waals surface area contributed by atoms with Crippen LogP contribution >= 0.6 is 12.4 Å².